The van der Waals surface area contributed by atoms with E-state index < -0.39 is 18.1 Å². The van der Waals surface area contributed by atoms with Crippen molar-refractivity contribution in [2.75, 3.05) is 19.8 Å². The van der Waals surface area contributed by atoms with Gasteiger partial charge in [0.1, 0.15) is 6.04 Å². The smallest absolute Gasteiger partial charge is 0.326 e. The van der Waals surface area contributed by atoms with Gasteiger partial charge in [-0.05, 0) is 6.42 Å². The van der Waals surface area contributed by atoms with Crippen molar-refractivity contribution in [1.82, 2.24) is 4.90 Å². The summed E-state index contributed by atoms with van der Waals surface area (Å²) < 4.78 is 5.18. The van der Waals surface area contributed by atoms with Crippen LogP contribution in [0, 0.1) is 0 Å². The third kappa shape index (κ3) is 3.98. The van der Waals surface area contributed by atoms with Crippen molar-refractivity contribution in [2.45, 2.75) is 38.3 Å². The van der Waals surface area contributed by atoms with Crippen LogP contribution in [-0.2, 0) is 14.3 Å². The summed E-state index contributed by atoms with van der Waals surface area (Å²) in [5.74, 6) is -1.34. The van der Waals surface area contributed by atoms with Crippen molar-refractivity contribution in [1.29, 1.82) is 0 Å². The second kappa shape index (κ2) is 6.56. The zero-order valence-corrected chi connectivity index (χ0v) is 9.96. The fourth-order valence-corrected chi connectivity index (χ4v) is 1.87. The summed E-state index contributed by atoms with van der Waals surface area (Å²) >= 11 is 0. The minimum Gasteiger partial charge on any atom is -0.480 e. The van der Waals surface area contributed by atoms with E-state index in [4.69, 9.17) is 9.84 Å². The molecule has 1 aliphatic rings. The van der Waals surface area contributed by atoms with Gasteiger partial charge in [-0.3, -0.25) is 4.79 Å². The molecule has 1 fully saturated rings. The summed E-state index contributed by atoms with van der Waals surface area (Å²) in [6, 6.07) is -0.899. The van der Waals surface area contributed by atoms with E-state index in [1.54, 1.807) is 0 Å². The maximum Gasteiger partial charge on any atom is 0.326 e. The average Bonchev–Trinajstić information content (AvgIpc) is 2.66. The van der Waals surface area contributed by atoms with Gasteiger partial charge < -0.3 is 19.8 Å². The molecule has 1 heterocycles. The van der Waals surface area contributed by atoms with Crippen LogP contribution in [-0.4, -0.2) is 58.9 Å². The number of β-amino-alcohol motifs (C(OH)–C–C–N with tert-alkyl or cyclic N) is 1. The number of carbonyl (C=O) groups excluding carboxylic acids is 1. The number of ether oxygens (including phenoxy) is 1. The minimum absolute atomic E-state index is 0.101. The third-order valence-electron chi connectivity index (χ3n) is 2.69. The molecule has 0 radical (unpaired) electrons. The first kappa shape index (κ1) is 13.9. The molecule has 0 aromatic carbocycles. The molecule has 2 unspecified atom stereocenters. The standard InChI is InChI=1S/C11H19NO5/c1-2-4-17-5-3-10(14)12-7-8(13)6-9(12)11(15)16/h8-9,13H,2-7H2,1H3,(H,15,16). The van der Waals surface area contributed by atoms with Crippen molar-refractivity contribution in [2.24, 2.45) is 0 Å². The molecule has 1 amide bonds. The number of hydrogen-bond donors (Lipinski definition) is 2. The number of hydrogen-bond acceptors (Lipinski definition) is 4. The Morgan fingerprint density at radius 3 is 2.71 bits per heavy atom. The Hall–Kier alpha value is -1.14. The van der Waals surface area contributed by atoms with Crippen LogP contribution >= 0.6 is 0 Å². The summed E-state index contributed by atoms with van der Waals surface area (Å²) in [7, 11) is 0. The van der Waals surface area contributed by atoms with E-state index in [2.05, 4.69) is 0 Å². The van der Waals surface area contributed by atoms with Crippen LogP contribution in [0.15, 0.2) is 0 Å². The van der Waals surface area contributed by atoms with Crippen LogP contribution in [0.2, 0.25) is 0 Å². The summed E-state index contributed by atoms with van der Waals surface area (Å²) in [5.41, 5.74) is 0. The van der Waals surface area contributed by atoms with Crippen molar-refractivity contribution in [3.63, 3.8) is 0 Å². The fourth-order valence-electron chi connectivity index (χ4n) is 1.87. The Bertz CT molecular complexity index is 281. The lowest BCUT2D eigenvalue weighted by molar-refractivity contribution is -0.148. The Labute approximate surface area is 100 Å². The van der Waals surface area contributed by atoms with Crippen LogP contribution in [0.5, 0.6) is 0 Å². The topological polar surface area (TPSA) is 87.1 Å². The number of likely N-dealkylation sites (tertiary alicyclic amines) is 1. The van der Waals surface area contributed by atoms with Gasteiger partial charge in [0.15, 0.2) is 0 Å². The number of carbonyl (C=O) groups is 2. The molecule has 0 spiro atoms. The lowest BCUT2D eigenvalue weighted by Crippen LogP contribution is -2.40. The molecule has 17 heavy (non-hydrogen) atoms. The van der Waals surface area contributed by atoms with Gasteiger partial charge in [0, 0.05) is 19.6 Å². The van der Waals surface area contributed by atoms with E-state index in [-0.39, 0.29) is 25.3 Å². The molecule has 2 atom stereocenters. The third-order valence-corrected chi connectivity index (χ3v) is 2.69. The molecule has 1 aliphatic heterocycles. The van der Waals surface area contributed by atoms with Gasteiger partial charge in [-0.25, -0.2) is 4.79 Å². The molecular weight excluding hydrogens is 226 g/mol. The number of nitrogens with zero attached hydrogens (tertiary/aromatic N) is 1. The molecule has 98 valence electrons. The molecule has 0 aliphatic carbocycles. The van der Waals surface area contributed by atoms with Crippen molar-refractivity contribution >= 4 is 11.9 Å². The number of amides is 1. The van der Waals surface area contributed by atoms with E-state index in [9.17, 15) is 14.7 Å². The van der Waals surface area contributed by atoms with Gasteiger partial charge in [-0.15, -0.1) is 0 Å². The largest absolute Gasteiger partial charge is 0.480 e. The van der Waals surface area contributed by atoms with E-state index in [0.29, 0.717) is 13.2 Å². The SMILES string of the molecule is CCCOCCC(=O)N1CC(O)CC1C(=O)O. The summed E-state index contributed by atoms with van der Waals surface area (Å²) in [5, 5.41) is 18.3. The lowest BCUT2D eigenvalue weighted by atomic mass is 10.2. The fraction of sp³-hybridized carbons (Fsp3) is 0.818. The molecule has 1 rings (SSSR count). The predicted molar refractivity (Wildman–Crippen MR) is 59.5 cm³/mol. The first-order valence-corrected chi connectivity index (χ1v) is 5.84. The Morgan fingerprint density at radius 2 is 2.12 bits per heavy atom. The highest BCUT2D eigenvalue weighted by molar-refractivity contribution is 5.84. The molecule has 6 heteroatoms. The molecule has 1 saturated heterocycles. The average molecular weight is 245 g/mol. The molecule has 0 aromatic rings. The summed E-state index contributed by atoms with van der Waals surface area (Å²) in [6.45, 7) is 2.96. The van der Waals surface area contributed by atoms with E-state index in [0.717, 1.165) is 6.42 Å². The van der Waals surface area contributed by atoms with Gasteiger partial charge in [0.25, 0.3) is 0 Å². The van der Waals surface area contributed by atoms with Gasteiger partial charge in [0.2, 0.25) is 5.91 Å². The molecule has 0 saturated carbocycles. The van der Waals surface area contributed by atoms with Crippen LogP contribution < -0.4 is 0 Å². The molecule has 2 N–H and O–H groups in total. The monoisotopic (exact) mass is 245 g/mol. The van der Waals surface area contributed by atoms with E-state index in [1.807, 2.05) is 6.92 Å². The number of carboxylic acids is 1. The Morgan fingerprint density at radius 1 is 1.41 bits per heavy atom. The maximum absolute atomic E-state index is 11.7. The van der Waals surface area contributed by atoms with E-state index >= 15 is 0 Å². The first-order chi connectivity index (χ1) is 8.06. The Balaban J connectivity index is 2.41. The Kier molecular flexibility index (Phi) is 5.37. The molecule has 0 aromatic heterocycles. The lowest BCUT2D eigenvalue weighted by Gasteiger charge is -2.21. The zero-order valence-electron chi connectivity index (χ0n) is 9.96. The zero-order chi connectivity index (χ0) is 12.8. The number of rotatable bonds is 6. The van der Waals surface area contributed by atoms with Gasteiger partial charge in [0.05, 0.1) is 19.1 Å². The van der Waals surface area contributed by atoms with Crippen molar-refractivity contribution in [3.8, 4) is 0 Å². The number of aliphatic hydroxyl groups is 1. The van der Waals surface area contributed by atoms with Crippen molar-refractivity contribution < 1.29 is 24.5 Å². The number of aliphatic carboxylic acids is 1. The highest BCUT2D eigenvalue weighted by Crippen LogP contribution is 2.19. The molecular formula is C11H19NO5. The normalized spacial score (nSPS) is 24.0. The second-order valence-electron chi connectivity index (χ2n) is 4.15. The summed E-state index contributed by atoms with van der Waals surface area (Å²) in [6.07, 6.45) is 0.415. The van der Waals surface area contributed by atoms with Crippen LogP contribution in [0.1, 0.15) is 26.2 Å². The first-order valence-electron chi connectivity index (χ1n) is 5.84. The number of aliphatic hydroxyl groups excluding tert-OH is 1. The molecule has 6 nitrogen and oxygen atoms in total. The quantitative estimate of drug-likeness (QED) is 0.635. The summed E-state index contributed by atoms with van der Waals surface area (Å²) in [4.78, 5) is 23.9. The highest BCUT2D eigenvalue weighted by atomic mass is 16.5. The molecule has 0 bridgehead atoms. The van der Waals surface area contributed by atoms with Crippen molar-refractivity contribution in [3.05, 3.63) is 0 Å². The predicted octanol–water partition coefficient (Wildman–Crippen LogP) is -0.151. The second-order valence-corrected chi connectivity index (χ2v) is 4.15. The van der Waals surface area contributed by atoms with E-state index in [1.165, 1.54) is 4.90 Å². The van der Waals surface area contributed by atoms with Gasteiger partial charge in [-0.1, -0.05) is 6.92 Å². The number of carboxylic acid groups (broad SMARTS) is 1. The van der Waals surface area contributed by atoms with Gasteiger partial charge >= 0.3 is 5.97 Å². The van der Waals surface area contributed by atoms with Crippen LogP contribution in [0.3, 0.4) is 0 Å². The maximum atomic E-state index is 11.7. The minimum atomic E-state index is -1.07. The van der Waals surface area contributed by atoms with Gasteiger partial charge in [-0.2, -0.15) is 0 Å². The van der Waals surface area contributed by atoms with Crippen LogP contribution in [0.25, 0.3) is 0 Å². The highest BCUT2D eigenvalue weighted by Gasteiger charge is 2.38. The van der Waals surface area contributed by atoms with Crippen LogP contribution in [0.4, 0.5) is 0 Å².